The summed E-state index contributed by atoms with van der Waals surface area (Å²) in [6.07, 6.45) is 0. The van der Waals surface area contributed by atoms with E-state index < -0.39 is 29.3 Å². The van der Waals surface area contributed by atoms with Crippen LogP contribution in [0.5, 0.6) is 0 Å². The van der Waals surface area contributed by atoms with E-state index in [1.165, 1.54) is 6.92 Å². The predicted octanol–water partition coefficient (Wildman–Crippen LogP) is 5.18. The van der Waals surface area contributed by atoms with Gasteiger partial charge in [-0.25, -0.2) is 17.6 Å². The van der Waals surface area contributed by atoms with Gasteiger partial charge in [0.25, 0.3) is 0 Å². The van der Waals surface area contributed by atoms with Crippen molar-refractivity contribution < 1.29 is 17.6 Å². The molecule has 6 heteroatoms. The van der Waals surface area contributed by atoms with Gasteiger partial charge in [0.1, 0.15) is 23.3 Å². The summed E-state index contributed by atoms with van der Waals surface area (Å²) in [6, 6.07) is 4.19. The summed E-state index contributed by atoms with van der Waals surface area (Å²) in [5.41, 5.74) is -0.0883. The molecule has 1 N–H and O–H groups in total. The Labute approximate surface area is 121 Å². The summed E-state index contributed by atoms with van der Waals surface area (Å²) in [5, 5.41) is 2.62. The maximum Gasteiger partial charge on any atom is 0.147 e. The highest BCUT2D eigenvalue weighted by Gasteiger charge is 2.15. The van der Waals surface area contributed by atoms with Crippen LogP contribution >= 0.6 is 15.9 Å². The van der Waals surface area contributed by atoms with Gasteiger partial charge in [-0.2, -0.15) is 0 Å². The second kappa shape index (κ2) is 5.83. The normalized spacial score (nSPS) is 12.3. The van der Waals surface area contributed by atoms with Crippen LogP contribution in [0.2, 0.25) is 0 Å². The highest BCUT2D eigenvalue weighted by Crippen LogP contribution is 2.27. The average molecular weight is 348 g/mol. The van der Waals surface area contributed by atoms with Crippen LogP contribution in [0.15, 0.2) is 34.8 Å². The van der Waals surface area contributed by atoms with Crippen LogP contribution in [0.3, 0.4) is 0 Å². The first kappa shape index (κ1) is 14.8. The summed E-state index contributed by atoms with van der Waals surface area (Å²) < 4.78 is 53.7. The molecule has 1 atom stereocenters. The molecular weight excluding hydrogens is 338 g/mol. The lowest BCUT2D eigenvalue weighted by Gasteiger charge is -2.17. The molecule has 2 aromatic carbocycles. The zero-order chi connectivity index (χ0) is 14.9. The van der Waals surface area contributed by atoms with Crippen molar-refractivity contribution in [3.63, 3.8) is 0 Å². The number of nitrogens with one attached hydrogen (secondary N) is 1. The van der Waals surface area contributed by atoms with Gasteiger partial charge in [-0.05, 0) is 47.1 Å². The fourth-order valence-corrected chi connectivity index (χ4v) is 2.11. The van der Waals surface area contributed by atoms with Crippen LogP contribution in [0.25, 0.3) is 0 Å². The first-order valence-electron chi connectivity index (χ1n) is 5.74. The Morgan fingerprint density at radius 3 is 2.35 bits per heavy atom. The highest BCUT2D eigenvalue weighted by atomic mass is 79.9. The topological polar surface area (TPSA) is 12.0 Å². The molecule has 0 aliphatic rings. The average Bonchev–Trinajstić information content (AvgIpc) is 2.38. The summed E-state index contributed by atoms with van der Waals surface area (Å²) in [4.78, 5) is 0. The van der Waals surface area contributed by atoms with E-state index in [2.05, 4.69) is 21.2 Å². The molecule has 1 nitrogen and oxygen atoms in total. The van der Waals surface area contributed by atoms with E-state index >= 15 is 0 Å². The first-order valence-corrected chi connectivity index (χ1v) is 6.54. The lowest BCUT2D eigenvalue weighted by Crippen LogP contribution is -2.10. The number of benzene rings is 2. The van der Waals surface area contributed by atoms with Gasteiger partial charge in [-0.15, -0.1) is 0 Å². The quantitative estimate of drug-likeness (QED) is 0.595. The monoisotopic (exact) mass is 347 g/mol. The lowest BCUT2D eigenvalue weighted by atomic mass is 10.1. The molecule has 0 fully saturated rings. The fraction of sp³-hybridized carbons (Fsp3) is 0.143. The van der Waals surface area contributed by atoms with E-state index in [0.717, 1.165) is 30.3 Å². The first-order chi connectivity index (χ1) is 9.38. The molecule has 2 rings (SSSR count). The van der Waals surface area contributed by atoms with Crippen molar-refractivity contribution >= 4 is 21.6 Å². The number of hydrogen-bond acceptors (Lipinski definition) is 1. The van der Waals surface area contributed by atoms with Gasteiger partial charge in [0.15, 0.2) is 0 Å². The van der Waals surface area contributed by atoms with E-state index in [9.17, 15) is 17.6 Å². The molecule has 2 aromatic rings. The molecule has 1 unspecified atom stereocenters. The summed E-state index contributed by atoms with van der Waals surface area (Å²) in [7, 11) is 0. The fourth-order valence-electron chi connectivity index (χ4n) is 1.79. The Morgan fingerprint density at radius 1 is 0.950 bits per heavy atom. The molecular formula is C14H10BrF4N. The van der Waals surface area contributed by atoms with E-state index in [1.54, 1.807) is 0 Å². The summed E-state index contributed by atoms with van der Waals surface area (Å²) in [6.45, 7) is 1.53. The van der Waals surface area contributed by atoms with E-state index in [0.29, 0.717) is 0 Å². The third kappa shape index (κ3) is 3.12. The van der Waals surface area contributed by atoms with Gasteiger partial charge < -0.3 is 5.32 Å². The Bertz CT molecular complexity index is 645. The SMILES string of the molecule is CC(Nc1cc(F)c(Br)cc1F)c1cc(F)ccc1F. The minimum Gasteiger partial charge on any atom is -0.376 e. The van der Waals surface area contributed by atoms with Gasteiger partial charge in [0.2, 0.25) is 0 Å². The van der Waals surface area contributed by atoms with Gasteiger partial charge in [-0.1, -0.05) is 0 Å². The maximum atomic E-state index is 13.7. The van der Waals surface area contributed by atoms with Crippen molar-refractivity contribution in [2.75, 3.05) is 5.32 Å². The van der Waals surface area contributed by atoms with Crippen LogP contribution in [-0.4, -0.2) is 0 Å². The van der Waals surface area contributed by atoms with Crippen molar-refractivity contribution in [3.8, 4) is 0 Å². The molecule has 106 valence electrons. The van der Waals surface area contributed by atoms with Crippen LogP contribution in [0.4, 0.5) is 23.2 Å². The Kier molecular flexibility index (Phi) is 4.32. The molecule has 0 heterocycles. The molecule has 0 radical (unpaired) electrons. The number of halogens is 5. The molecule has 0 aromatic heterocycles. The lowest BCUT2D eigenvalue weighted by molar-refractivity contribution is 0.573. The molecule has 0 spiro atoms. The smallest absolute Gasteiger partial charge is 0.147 e. The van der Waals surface area contributed by atoms with E-state index in [1.807, 2.05) is 0 Å². The molecule has 20 heavy (non-hydrogen) atoms. The van der Waals surface area contributed by atoms with E-state index in [-0.39, 0.29) is 15.7 Å². The largest absolute Gasteiger partial charge is 0.376 e. The second-order valence-corrected chi connectivity index (χ2v) is 5.13. The Balaban J connectivity index is 2.30. The minimum absolute atomic E-state index is 0.00913. The standard InChI is InChI=1S/C14H10BrF4N/c1-7(9-4-8(16)2-3-11(9)17)20-14-6-12(18)10(15)5-13(14)19/h2-7,20H,1H3. The zero-order valence-electron chi connectivity index (χ0n) is 10.4. The minimum atomic E-state index is -0.722. The number of rotatable bonds is 3. The maximum absolute atomic E-state index is 13.7. The van der Waals surface area contributed by atoms with E-state index in [4.69, 9.17) is 0 Å². The van der Waals surface area contributed by atoms with Crippen LogP contribution in [0.1, 0.15) is 18.5 Å². The number of hydrogen-bond donors (Lipinski definition) is 1. The molecule has 0 bridgehead atoms. The highest BCUT2D eigenvalue weighted by molar-refractivity contribution is 9.10. The van der Waals surface area contributed by atoms with Crippen molar-refractivity contribution in [3.05, 3.63) is 63.6 Å². The zero-order valence-corrected chi connectivity index (χ0v) is 11.9. The molecule has 0 saturated carbocycles. The van der Waals surface area contributed by atoms with Gasteiger partial charge in [0, 0.05) is 11.6 Å². The van der Waals surface area contributed by atoms with Gasteiger partial charge >= 0.3 is 0 Å². The van der Waals surface area contributed by atoms with Crippen molar-refractivity contribution in [1.29, 1.82) is 0 Å². The Hall–Kier alpha value is -1.56. The van der Waals surface area contributed by atoms with Gasteiger partial charge in [-0.3, -0.25) is 0 Å². The van der Waals surface area contributed by atoms with Crippen molar-refractivity contribution in [1.82, 2.24) is 0 Å². The van der Waals surface area contributed by atoms with Crippen LogP contribution in [0, 0.1) is 23.3 Å². The van der Waals surface area contributed by atoms with Crippen LogP contribution in [-0.2, 0) is 0 Å². The molecule has 0 aliphatic carbocycles. The van der Waals surface area contributed by atoms with Gasteiger partial charge in [0.05, 0.1) is 16.2 Å². The van der Waals surface area contributed by atoms with Crippen molar-refractivity contribution in [2.45, 2.75) is 13.0 Å². The molecule has 0 aliphatic heterocycles. The van der Waals surface area contributed by atoms with Crippen LogP contribution < -0.4 is 5.32 Å². The third-order valence-electron chi connectivity index (χ3n) is 2.81. The predicted molar refractivity (Wildman–Crippen MR) is 72.5 cm³/mol. The summed E-state index contributed by atoms with van der Waals surface area (Å²) >= 11 is 2.86. The summed E-state index contributed by atoms with van der Waals surface area (Å²) in [5.74, 6) is -2.57. The third-order valence-corrected chi connectivity index (χ3v) is 3.41. The Morgan fingerprint density at radius 2 is 1.65 bits per heavy atom. The second-order valence-electron chi connectivity index (χ2n) is 4.28. The molecule has 0 amide bonds. The number of anilines is 1. The molecule has 0 saturated heterocycles. The van der Waals surface area contributed by atoms with Crippen molar-refractivity contribution in [2.24, 2.45) is 0 Å².